The van der Waals surface area contributed by atoms with Crippen LogP contribution in [0.3, 0.4) is 0 Å². The van der Waals surface area contributed by atoms with Crippen LogP contribution in [0.1, 0.15) is 5.89 Å². The second-order valence-electron chi connectivity index (χ2n) is 3.10. The fourth-order valence-electron chi connectivity index (χ4n) is 1.25. The first-order valence-corrected chi connectivity index (χ1v) is 4.65. The number of alkyl halides is 3. The van der Waals surface area contributed by atoms with E-state index in [1.165, 1.54) is 18.2 Å². The monoisotopic (exact) mass is 254 g/mol. The first kappa shape index (κ1) is 12.0. The third-order valence-electron chi connectivity index (χ3n) is 1.89. The van der Waals surface area contributed by atoms with Crippen molar-refractivity contribution >= 4 is 0 Å². The molecule has 0 saturated carbocycles. The van der Waals surface area contributed by atoms with E-state index in [4.69, 9.17) is 10.8 Å². The van der Waals surface area contributed by atoms with E-state index in [1.54, 1.807) is 0 Å². The Labute approximate surface area is 99.4 Å². The molecule has 0 unspecified atom stereocenters. The molecule has 1 heterocycles. The minimum absolute atomic E-state index is 0.0174. The lowest BCUT2D eigenvalue weighted by atomic mass is 10.2. The molecule has 2 aromatic rings. The van der Waals surface area contributed by atoms with Crippen molar-refractivity contribution in [1.29, 1.82) is 0 Å². The molecule has 0 N–H and O–H groups in total. The molecule has 0 amide bonds. The van der Waals surface area contributed by atoms with Crippen molar-refractivity contribution in [2.24, 2.45) is 0 Å². The van der Waals surface area contributed by atoms with Crippen LogP contribution in [-0.2, 0) is 0 Å². The quantitative estimate of drug-likeness (QED) is 0.773. The van der Waals surface area contributed by atoms with Crippen LogP contribution >= 0.6 is 0 Å². The van der Waals surface area contributed by atoms with Crippen molar-refractivity contribution in [2.75, 3.05) is 0 Å². The Bertz CT molecular complexity index is 599. The third-order valence-corrected chi connectivity index (χ3v) is 1.89. The number of nitrogens with zero attached hydrogens (tertiary/aromatic N) is 2. The van der Waals surface area contributed by atoms with Crippen molar-refractivity contribution in [3.63, 3.8) is 0 Å². The van der Waals surface area contributed by atoms with E-state index < -0.39 is 12.1 Å². The first-order valence-electron chi connectivity index (χ1n) is 4.65. The molecule has 0 aliphatic rings. The van der Waals surface area contributed by atoms with Crippen LogP contribution in [0, 0.1) is 12.3 Å². The average Bonchev–Trinajstić information content (AvgIpc) is 2.76. The Morgan fingerprint density at radius 3 is 2.56 bits per heavy atom. The summed E-state index contributed by atoms with van der Waals surface area (Å²) in [5.74, 6) is 1.39. The van der Waals surface area contributed by atoms with Gasteiger partial charge in [-0.1, -0.05) is 17.2 Å². The highest BCUT2D eigenvalue weighted by Crippen LogP contribution is 2.32. The number of benzene rings is 1. The molecule has 0 fully saturated rings. The molecule has 2 rings (SSSR count). The molecule has 7 heteroatoms. The molecule has 0 radical (unpaired) electrons. The Kier molecular flexibility index (Phi) is 2.93. The first-order chi connectivity index (χ1) is 8.49. The summed E-state index contributed by atoms with van der Waals surface area (Å²) >= 11 is 0. The van der Waals surface area contributed by atoms with E-state index in [9.17, 15) is 13.2 Å². The predicted octanol–water partition coefficient (Wildman–Crippen LogP) is 2.62. The number of para-hydroxylation sites is 1. The van der Waals surface area contributed by atoms with E-state index in [-0.39, 0.29) is 17.3 Å². The van der Waals surface area contributed by atoms with Crippen LogP contribution in [0.15, 0.2) is 28.7 Å². The van der Waals surface area contributed by atoms with Crippen molar-refractivity contribution in [3.8, 4) is 29.5 Å². The summed E-state index contributed by atoms with van der Waals surface area (Å²) < 4.78 is 45.4. The zero-order valence-electron chi connectivity index (χ0n) is 8.73. The van der Waals surface area contributed by atoms with Crippen LogP contribution in [-0.4, -0.2) is 16.6 Å². The van der Waals surface area contributed by atoms with Gasteiger partial charge in [0.05, 0.1) is 5.56 Å². The molecule has 92 valence electrons. The van der Waals surface area contributed by atoms with Gasteiger partial charge in [0.25, 0.3) is 11.8 Å². The van der Waals surface area contributed by atoms with Crippen molar-refractivity contribution in [3.05, 3.63) is 30.2 Å². The maximum Gasteiger partial charge on any atom is 0.573 e. The highest BCUT2D eigenvalue weighted by atomic mass is 19.4. The lowest BCUT2D eigenvalue weighted by Crippen LogP contribution is -2.17. The normalized spacial score (nSPS) is 11.0. The Morgan fingerprint density at radius 2 is 1.94 bits per heavy atom. The molecule has 0 bridgehead atoms. The largest absolute Gasteiger partial charge is 0.573 e. The summed E-state index contributed by atoms with van der Waals surface area (Å²) in [5, 5.41) is 7.00. The summed E-state index contributed by atoms with van der Waals surface area (Å²) in [5.41, 5.74) is 0.0174. The second-order valence-corrected chi connectivity index (χ2v) is 3.10. The molecule has 0 aliphatic carbocycles. The highest BCUT2D eigenvalue weighted by molar-refractivity contribution is 5.62. The fourth-order valence-corrected chi connectivity index (χ4v) is 1.25. The second kappa shape index (κ2) is 4.41. The highest BCUT2D eigenvalue weighted by Gasteiger charge is 2.32. The van der Waals surface area contributed by atoms with E-state index in [0.717, 1.165) is 6.07 Å². The molecular weight excluding hydrogens is 249 g/mol. The van der Waals surface area contributed by atoms with Gasteiger partial charge in [-0.05, 0) is 18.1 Å². The number of aromatic nitrogens is 2. The molecule has 0 saturated heterocycles. The van der Waals surface area contributed by atoms with E-state index in [0.29, 0.717) is 0 Å². The summed E-state index contributed by atoms with van der Waals surface area (Å²) in [4.78, 5) is 0. The van der Waals surface area contributed by atoms with Gasteiger partial charge in [0.15, 0.2) is 0 Å². The summed E-state index contributed by atoms with van der Waals surface area (Å²) in [6.07, 6.45) is 0.223. The van der Waals surface area contributed by atoms with Crippen molar-refractivity contribution in [1.82, 2.24) is 10.2 Å². The van der Waals surface area contributed by atoms with Crippen LogP contribution in [0.4, 0.5) is 13.2 Å². The SMILES string of the molecule is C#Cc1nnc(-c2ccccc2OC(F)(F)F)o1. The Morgan fingerprint density at radius 1 is 1.22 bits per heavy atom. The van der Waals surface area contributed by atoms with Gasteiger partial charge in [-0.25, -0.2) is 0 Å². The van der Waals surface area contributed by atoms with Crippen molar-refractivity contribution in [2.45, 2.75) is 6.36 Å². The Balaban J connectivity index is 2.42. The van der Waals surface area contributed by atoms with Crippen LogP contribution in [0.25, 0.3) is 11.5 Å². The summed E-state index contributed by atoms with van der Waals surface area (Å²) in [7, 11) is 0. The fraction of sp³-hybridized carbons (Fsp3) is 0.0909. The van der Waals surface area contributed by atoms with Crippen LogP contribution in [0.2, 0.25) is 0 Å². The van der Waals surface area contributed by atoms with Gasteiger partial charge >= 0.3 is 6.36 Å². The van der Waals surface area contributed by atoms with Gasteiger partial charge in [-0.15, -0.1) is 24.7 Å². The standard InChI is InChI=1S/C11H5F3N2O2/c1-2-9-15-16-10(17-9)7-5-3-4-6-8(7)18-11(12,13)14/h1,3-6H. The summed E-state index contributed by atoms with van der Waals surface area (Å²) in [6, 6.07) is 5.40. The number of hydrogen-bond donors (Lipinski definition) is 0. The van der Waals surface area contributed by atoms with Gasteiger partial charge in [0, 0.05) is 0 Å². The molecule has 4 nitrogen and oxygen atoms in total. The summed E-state index contributed by atoms with van der Waals surface area (Å²) in [6.45, 7) is 0. The molecule has 0 atom stereocenters. The third kappa shape index (κ3) is 2.60. The molecule has 0 aliphatic heterocycles. The molecule has 1 aromatic heterocycles. The van der Waals surface area contributed by atoms with Gasteiger partial charge in [-0.3, -0.25) is 0 Å². The number of terminal acetylenes is 1. The molecule has 1 aromatic carbocycles. The van der Waals surface area contributed by atoms with Crippen LogP contribution in [0.5, 0.6) is 5.75 Å². The Hall–Kier alpha value is -2.49. The van der Waals surface area contributed by atoms with Gasteiger partial charge in [0.1, 0.15) is 5.75 Å². The minimum atomic E-state index is -4.80. The molecule has 0 spiro atoms. The maximum absolute atomic E-state index is 12.2. The smallest absolute Gasteiger partial charge is 0.410 e. The zero-order chi connectivity index (χ0) is 13.2. The number of ether oxygens (including phenoxy) is 1. The van der Waals surface area contributed by atoms with E-state index in [2.05, 4.69) is 20.9 Å². The predicted molar refractivity (Wildman–Crippen MR) is 54.4 cm³/mol. The lowest BCUT2D eigenvalue weighted by Gasteiger charge is -2.10. The average molecular weight is 254 g/mol. The lowest BCUT2D eigenvalue weighted by molar-refractivity contribution is -0.274. The maximum atomic E-state index is 12.2. The number of rotatable bonds is 2. The topological polar surface area (TPSA) is 48.2 Å². The molecular formula is C11H5F3N2O2. The molecule has 18 heavy (non-hydrogen) atoms. The van der Waals surface area contributed by atoms with Crippen LogP contribution < -0.4 is 4.74 Å². The number of hydrogen-bond acceptors (Lipinski definition) is 4. The van der Waals surface area contributed by atoms with Crippen molar-refractivity contribution < 1.29 is 22.3 Å². The minimum Gasteiger partial charge on any atom is -0.410 e. The van der Waals surface area contributed by atoms with Gasteiger partial charge in [-0.2, -0.15) is 0 Å². The van der Waals surface area contributed by atoms with Gasteiger partial charge in [0.2, 0.25) is 0 Å². The van der Waals surface area contributed by atoms with E-state index in [1.807, 2.05) is 0 Å². The van der Waals surface area contributed by atoms with E-state index >= 15 is 0 Å². The number of halogens is 3. The van der Waals surface area contributed by atoms with Gasteiger partial charge < -0.3 is 9.15 Å². The zero-order valence-corrected chi connectivity index (χ0v) is 8.73.